The zero-order valence-electron chi connectivity index (χ0n) is 16.2. The fourth-order valence-corrected chi connectivity index (χ4v) is 3.39. The van der Waals surface area contributed by atoms with Crippen LogP contribution in [0.3, 0.4) is 0 Å². The minimum Gasteiger partial charge on any atom is -0.505 e. The number of pyridine rings is 1. The van der Waals surface area contributed by atoms with Crippen molar-refractivity contribution in [2.45, 2.75) is 6.92 Å². The predicted octanol–water partition coefficient (Wildman–Crippen LogP) is 4.81. The van der Waals surface area contributed by atoms with Gasteiger partial charge in [-0.05, 0) is 49.4 Å². The molecule has 152 valence electrons. The molecule has 2 aromatic carbocycles. The van der Waals surface area contributed by atoms with Gasteiger partial charge in [0.2, 0.25) is 0 Å². The number of aliphatic hydroxyl groups is 1. The van der Waals surface area contributed by atoms with Gasteiger partial charge in [0.05, 0.1) is 27.2 Å². The summed E-state index contributed by atoms with van der Waals surface area (Å²) in [5.74, 6) is -0.887. The Morgan fingerprint density at radius 2 is 1.97 bits per heavy atom. The molecule has 2 aromatic heterocycles. The first-order chi connectivity index (χ1) is 14.9. The number of benzene rings is 2. The lowest BCUT2D eigenvalue weighted by Gasteiger charge is -2.13. The van der Waals surface area contributed by atoms with Crippen molar-refractivity contribution in [2.75, 3.05) is 0 Å². The molecule has 0 aliphatic carbocycles. The van der Waals surface area contributed by atoms with Gasteiger partial charge in [-0.3, -0.25) is 9.36 Å². The predicted molar refractivity (Wildman–Crippen MR) is 116 cm³/mol. The molecule has 4 aromatic rings. The molecule has 0 bridgehead atoms. The Labute approximate surface area is 181 Å². The van der Waals surface area contributed by atoms with Crippen molar-refractivity contribution >= 4 is 34.3 Å². The minimum absolute atomic E-state index is 0.0434. The van der Waals surface area contributed by atoms with Crippen molar-refractivity contribution in [1.29, 1.82) is 5.26 Å². The molecule has 8 heteroatoms. The third kappa shape index (κ3) is 3.77. The molecule has 4 rings (SSSR count). The molecule has 0 saturated heterocycles. The van der Waals surface area contributed by atoms with Crippen LogP contribution in [0.25, 0.3) is 28.4 Å². The lowest BCUT2D eigenvalue weighted by molar-refractivity contribution is 0.511. The van der Waals surface area contributed by atoms with E-state index in [-0.39, 0.29) is 38.8 Å². The van der Waals surface area contributed by atoms with Crippen LogP contribution < -0.4 is 5.56 Å². The van der Waals surface area contributed by atoms with Crippen LogP contribution in [0.2, 0.25) is 5.02 Å². The molecule has 2 heterocycles. The first-order valence-corrected chi connectivity index (χ1v) is 9.53. The van der Waals surface area contributed by atoms with E-state index >= 15 is 0 Å². The Morgan fingerprint density at radius 3 is 2.71 bits per heavy atom. The van der Waals surface area contributed by atoms with Gasteiger partial charge in [-0.1, -0.05) is 23.7 Å². The Morgan fingerprint density at radius 1 is 1.19 bits per heavy atom. The molecule has 0 unspecified atom stereocenters. The number of nitriles is 1. The molecular formula is C23H14ClFN4O2. The van der Waals surface area contributed by atoms with Gasteiger partial charge in [0, 0.05) is 11.8 Å². The van der Waals surface area contributed by atoms with Gasteiger partial charge >= 0.3 is 0 Å². The first kappa shape index (κ1) is 20.3. The summed E-state index contributed by atoms with van der Waals surface area (Å²) in [6.45, 7) is 1.72. The Kier molecular flexibility index (Phi) is 5.24. The van der Waals surface area contributed by atoms with Crippen LogP contribution in [0.1, 0.15) is 22.8 Å². The average Bonchev–Trinajstić information content (AvgIpc) is 2.75. The zero-order valence-corrected chi connectivity index (χ0v) is 16.9. The van der Waals surface area contributed by atoms with Gasteiger partial charge in [0.15, 0.2) is 0 Å². The third-order valence-corrected chi connectivity index (χ3v) is 4.93. The van der Waals surface area contributed by atoms with Crippen LogP contribution in [0.4, 0.5) is 4.39 Å². The average molecular weight is 433 g/mol. The van der Waals surface area contributed by atoms with Crippen molar-refractivity contribution in [3.63, 3.8) is 0 Å². The summed E-state index contributed by atoms with van der Waals surface area (Å²) in [6, 6.07) is 15.4. The van der Waals surface area contributed by atoms with Gasteiger partial charge in [0.25, 0.3) is 5.56 Å². The highest BCUT2D eigenvalue weighted by Gasteiger charge is 2.17. The van der Waals surface area contributed by atoms with Crippen molar-refractivity contribution in [1.82, 2.24) is 14.5 Å². The summed E-state index contributed by atoms with van der Waals surface area (Å²) in [5.41, 5.74) is 0.806. The van der Waals surface area contributed by atoms with E-state index in [9.17, 15) is 19.6 Å². The number of halogens is 2. The maximum absolute atomic E-state index is 13.8. The van der Waals surface area contributed by atoms with Crippen molar-refractivity contribution < 1.29 is 9.50 Å². The van der Waals surface area contributed by atoms with Crippen molar-refractivity contribution in [3.05, 3.63) is 98.6 Å². The van der Waals surface area contributed by atoms with E-state index in [4.69, 9.17) is 11.6 Å². The number of hydrogen-bond acceptors (Lipinski definition) is 5. The van der Waals surface area contributed by atoms with Gasteiger partial charge in [-0.25, -0.2) is 14.4 Å². The quantitative estimate of drug-likeness (QED) is 0.469. The van der Waals surface area contributed by atoms with E-state index in [2.05, 4.69) is 9.97 Å². The largest absolute Gasteiger partial charge is 0.505 e. The maximum atomic E-state index is 13.8. The van der Waals surface area contributed by atoms with Crippen LogP contribution in [0, 0.1) is 24.1 Å². The summed E-state index contributed by atoms with van der Waals surface area (Å²) in [6.07, 6.45) is 1.23. The number of fused-ring (bicyclic) bond motifs is 1. The first-order valence-electron chi connectivity index (χ1n) is 9.15. The molecule has 0 aliphatic heterocycles. The van der Waals surface area contributed by atoms with E-state index in [1.807, 2.05) is 6.07 Å². The summed E-state index contributed by atoms with van der Waals surface area (Å²) in [7, 11) is 0. The highest BCUT2D eigenvalue weighted by atomic mass is 35.5. The van der Waals surface area contributed by atoms with Crippen LogP contribution in [0.15, 0.2) is 59.4 Å². The molecule has 0 spiro atoms. The summed E-state index contributed by atoms with van der Waals surface area (Å²) in [4.78, 5) is 21.9. The normalized spacial score (nSPS) is 11.5. The molecule has 0 saturated carbocycles. The lowest BCUT2D eigenvalue weighted by atomic mass is 10.1. The second kappa shape index (κ2) is 8.01. The number of para-hydroxylation sites is 1. The Balaban J connectivity index is 2.05. The standard InChI is InChI=1S/C23H14ClFN4O2/c1-13-6-7-14(12-26)22(27-13)20(30)11-21-28-18-9-8-15(25)10-16(18)23(31)29(21)19-5-3-2-4-17(19)24/h2-11,30H,1H3/b20-11-. The zero-order chi connectivity index (χ0) is 22.1. The molecular weight excluding hydrogens is 419 g/mol. The molecule has 0 atom stereocenters. The monoisotopic (exact) mass is 432 g/mol. The van der Waals surface area contributed by atoms with Gasteiger partial charge in [0.1, 0.15) is 29.2 Å². The molecule has 31 heavy (non-hydrogen) atoms. The molecule has 0 amide bonds. The number of rotatable bonds is 3. The minimum atomic E-state index is -0.578. The summed E-state index contributed by atoms with van der Waals surface area (Å²) in [5, 5.41) is 20.4. The van der Waals surface area contributed by atoms with Crippen LogP contribution in [0.5, 0.6) is 0 Å². The SMILES string of the molecule is Cc1ccc(C#N)c(/C(O)=C/c2nc3ccc(F)cc3c(=O)n2-c2ccccc2Cl)n1. The number of aromatic nitrogens is 3. The fraction of sp³-hybridized carbons (Fsp3) is 0.0435. The maximum Gasteiger partial charge on any atom is 0.266 e. The van der Waals surface area contributed by atoms with Crippen molar-refractivity contribution in [3.8, 4) is 11.8 Å². The molecule has 0 aliphatic rings. The smallest absolute Gasteiger partial charge is 0.266 e. The highest BCUT2D eigenvalue weighted by Crippen LogP contribution is 2.24. The molecule has 0 radical (unpaired) electrons. The van der Waals surface area contributed by atoms with E-state index in [0.29, 0.717) is 11.4 Å². The lowest BCUT2D eigenvalue weighted by Crippen LogP contribution is -2.23. The van der Waals surface area contributed by atoms with Crippen LogP contribution in [-0.2, 0) is 0 Å². The second-order valence-electron chi connectivity index (χ2n) is 6.71. The number of aliphatic hydroxyl groups excluding tert-OH is 1. The molecule has 0 fully saturated rings. The Hall–Kier alpha value is -4.02. The topological polar surface area (TPSA) is 91.8 Å². The number of aryl methyl sites for hydroxylation is 1. The number of nitrogens with zero attached hydrogens (tertiary/aromatic N) is 4. The second-order valence-corrected chi connectivity index (χ2v) is 7.12. The van der Waals surface area contributed by atoms with E-state index < -0.39 is 11.4 Å². The van der Waals surface area contributed by atoms with E-state index in [1.165, 1.54) is 22.8 Å². The van der Waals surface area contributed by atoms with Gasteiger partial charge in [-0.2, -0.15) is 5.26 Å². The third-order valence-electron chi connectivity index (χ3n) is 4.61. The summed E-state index contributed by atoms with van der Waals surface area (Å²) >= 11 is 6.31. The number of hydrogen-bond donors (Lipinski definition) is 1. The Bertz CT molecular complexity index is 1470. The summed E-state index contributed by atoms with van der Waals surface area (Å²) < 4.78 is 15.0. The van der Waals surface area contributed by atoms with Gasteiger partial charge in [-0.15, -0.1) is 0 Å². The van der Waals surface area contributed by atoms with E-state index in [0.717, 1.165) is 6.07 Å². The van der Waals surface area contributed by atoms with E-state index in [1.54, 1.807) is 43.3 Å². The van der Waals surface area contributed by atoms with Crippen LogP contribution in [-0.4, -0.2) is 19.6 Å². The molecule has 6 nitrogen and oxygen atoms in total. The van der Waals surface area contributed by atoms with Gasteiger partial charge < -0.3 is 5.11 Å². The van der Waals surface area contributed by atoms with Crippen molar-refractivity contribution in [2.24, 2.45) is 0 Å². The highest BCUT2D eigenvalue weighted by molar-refractivity contribution is 6.32. The molecule has 1 N–H and O–H groups in total. The fourth-order valence-electron chi connectivity index (χ4n) is 3.17. The van der Waals surface area contributed by atoms with Crippen LogP contribution >= 0.6 is 11.6 Å².